The molecular weight excluding hydrogens is 390 g/mol. The van der Waals surface area contributed by atoms with Crippen molar-refractivity contribution in [3.63, 3.8) is 0 Å². The van der Waals surface area contributed by atoms with Gasteiger partial charge in [-0.25, -0.2) is 0 Å². The van der Waals surface area contributed by atoms with Crippen LogP contribution in [0.2, 0.25) is 0 Å². The highest BCUT2D eigenvalue weighted by molar-refractivity contribution is 6.10. The van der Waals surface area contributed by atoms with Gasteiger partial charge in [-0.3, -0.25) is 14.5 Å². The number of benzene rings is 3. The van der Waals surface area contributed by atoms with Crippen LogP contribution in [0.1, 0.15) is 38.9 Å². The third-order valence-corrected chi connectivity index (χ3v) is 5.77. The lowest BCUT2D eigenvalue weighted by atomic mass is 9.97. The molecule has 0 aliphatic carbocycles. The molecule has 5 heteroatoms. The van der Waals surface area contributed by atoms with E-state index in [4.69, 9.17) is 9.15 Å². The van der Waals surface area contributed by atoms with Gasteiger partial charge in [0.05, 0.1) is 24.1 Å². The Hall–Kier alpha value is -3.86. The van der Waals surface area contributed by atoms with Gasteiger partial charge in [-0.15, -0.1) is 0 Å². The second-order valence-corrected chi connectivity index (χ2v) is 7.86. The Morgan fingerprint density at radius 2 is 1.55 bits per heavy atom. The first kappa shape index (κ1) is 19.1. The Labute approximate surface area is 179 Å². The molecule has 5 rings (SSSR count). The van der Waals surface area contributed by atoms with Crippen LogP contribution in [0.5, 0.6) is 5.75 Å². The van der Waals surface area contributed by atoms with E-state index in [2.05, 4.69) is 0 Å². The molecule has 1 unspecified atom stereocenters. The van der Waals surface area contributed by atoms with Crippen molar-refractivity contribution in [1.82, 2.24) is 0 Å². The highest BCUT2D eigenvalue weighted by atomic mass is 16.5. The molecule has 0 radical (unpaired) electrons. The van der Waals surface area contributed by atoms with Gasteiger partial charge < -0.3 is 9.15 Å². The number of amides is 1. The molecule has 0 fully saturated rings. The summed E-state index contributed by atoms with van der Waals surface area (Å²) in [4.78, 5) is 28.7. The SMILES string of the molecule is COc1ccc(N2C(=O)c3oc4ccc(C)cc4c(=O)c3C2c2ccc(C)cc2)cc1. The number of methoxy groups -OCH3 is 1. The van der Waals surface area contributed by atoms with Gasteiger partial charge in [-0.05, 0) is 55.8 Å². The van der Waals surface area contributed by atoms with Gasteiger partial charge >= 0.3 is 0 Å². The zero-order valence-corrected chi connectivity index (χ0v) is 17.5. The van der Waals surface area contributed by atoms with Crippen LogP contribution in [-0.2, 0) is 0 Å². The van der Waals surface area contributed by atoms with E-state index >= 15 is 0 Å². The molecular formula is C26H21NO4. The largest absolute Gasteiger partial charge is 0.497 e. The molecule has 31 heavy (non-hydrogen) atoms. The molecule has 154 valence electrons. The van der Waals surface area contributed by atoms with Gasteiger partial charge in [0.2, 0.25) is 5.76 Å². The summed E-state index contributed by atoms with van der Waals surface area (Å²) in [5.41, 5.74) is 4.21. The molecule has 4 aromatic rings. The third kappa shape index (κ3) is 3.01. The van der Waals surface area contributed by atoms with Crippen LogP contribution >= 0.6 is 0 Å². The van der Waals surface area contributed by atoms with Crippen LogP contribution in [0.4, 0.5) is 5.69 Å². The van der Waals surface area contributed by atoms with Gasteiger partial charge in [0.15, 0.2) is 5.43 Å². The van der Waals surface area contributed by atoms with Crippen LogP contribution in [0, 0.1) is 13.8 Å². The van der Waals surface area contributed by atoms with E-state index in [1.54, 1.807) is 30.2 Å². The average molecular weight is 411 g/mol. The Balaban J connectivity index is 1.78. The Morgan fingerprint density at radius 1 is 0.871 bits per heavy atom. The molecule has 1 amide bonds. The van der Waals surface area contributed by atoms with Crippen LogP contribution in [0.15, 0.2) is 75.9 Å². The number of fused-ring (bicyclic) bond motifs is 2. The van der Waals surface area contributed by atoms with E-state index in [9.17, 15) is 9.59 Å². The maximum atomic E-state index is 13.6. The van der Waals surface area contributed by atoms with Crippen LogP contribution in [0.25, 0.3) is 11.0 Å². The Kier molecular flexibility index (Phi) is 4.40. The first-order valence-electron chi connectivity index (χ1n) is 10.1. The van der Waals surface area contributed by atoms with E-state index in [1.807, 2.05) is 62.4 Å². The number of carbonyl (C=O) groups excluding carboxylic acids is 1. The fourth-order valence-electron chi connectivity index (χ4n) is 4.16. The Bertz CT molecular complexity index is 1370. The zero-order chi connectivity index (χ0) is 21.7. The minimum atomic E-state index is -0.572. The Morgan fingerprint density at radius 3 is 2.23 bits per heavy atom. The van der Waals surface area contributed by atoms with Gasteiger partial charge in [0.1, 0.15) is 11.3 Å². The van der Waals surface area contributed by atoms with Crippen LogP contribution in [0.3, 0.4) is 0 Å². The highest BCUT2D eigenvalue weighted by Gasteiger charge is 2.43. The lowest BCUT2D eigenvalue weighted by molar-refractivity contribution is 0.0971. The smallest absolute Gasteiger partial charge is 0.295 e. The fraction of sp³-hybridized carbons (Fsp3) is 0.154. The van der Waals surface area contributed by atoms with Crippen molar-refractivity contribution in [1.29, 1.82) is 0 Å². The minimum absolute atomic E-state index is 0.0998. The van der Waals surface area contributed by atoms with Gasteiger partial charge in [0, 0.05) is 5.69 Å². The summed E-state index contributed by atoms with van der Waals surface area (Å²) in [6.45, 7) is 3.93. The van der Waals surface area contributed by atoms with E-state index in [0.717, 1.165) is 16.7 Å². The topological polar surface area (TPSA) is 59.8 Å². The number of aryl methyl sites for hydroxylation is 2. The molecule has 0 N–H and O–H groups in total. The summed E-state index contributed by atoms with van der Waals surface area (Å²) in [5, 5.41) is 0.486. The monoisotopic (exact) mass is 411 g/mol. The predicted molar refractivity (Wildman–Crippen MR) is 120 cm³/mol. The summed E-state index contributed by atoms with van der Waals surface area (Å²) in [5.74, 6) is 0.461. The highest BCUT2D eigenvalue weighted by Crippen LogP contribution is 2.41. The molecule has 1 aromatic heterocycles. The summed E-state index contributed by atoms with van der Waals surface area (Å²) < 4.78 is 11.3. The fourth-order valence-corrected chi connectivity index (χ4v) is 4.16. The maximum absolute atomic E-state index is 13.6. The van der Waals surface area contributed by atoms with Crippen molar-refractivity contribution in [2.45, 2.75) is 19.9 Å². The minimum Gasteiger partial charge on any atom is -0.497 e. The van der Waals surface area contributed by atoms with E-state index in [0.29, 0.717) is 28.0 Å². The molecule has 1 aliphatic heterocycles. The molecule has 0 saturated heterocycles. The van der Waals surface area contributed by atoms with Crippen molar-refractivity contribution in [2.24, 2.45) is 0 Å². The van der Waals surface area contributed by atoms with Gasteiger partial charge in [-0.1, -0.05) is 41.5 Å². The van der Waals surface area contributed by atoms with E-state index < -0.39 is 6.04 Å². The first-order valence-corrected chi connectivity index (χ1v) is 10.1. The van der Waals surface area contributed by atoms with E-state index in [1.165, 1.54) is 0 Å². The summed E-state index contributed by atoms with van der Waals surface area (Å²) in [7, 11) is 1.59. The molecule has 3 aromatic carbocycles. The molecule has 5 nitrogen and oxygen atoms in total. The standard InChI is InChI=1S/C26H21NO4/c1-15-4-7-17(8-5-15)23-22-24(28)20-14-16(2)6-13-21(20)31-25(22)26(29)27(23)18-9-11-19(30-3)12-10-18/h4-14,23H,1-3H3. The average Bonchev–Trinajstić information content (AvgIpc) is 3.07. The number of anilines is 1. The summed E-state index contributed by atoms with van der Waals surface area (Å²) >= 11 is 0. The van der Waals surface area contributed by atoms with Crippen molar-refractivity contribution in [2.75, 3.05) is 12.0 Å². The zero-order valence-electron chi connectivity index (χ0n) is 17.5. The lowest BCUT2D eigenvalue weighted by Crippen LogP contribution is -2.29. The van der Waals surface area contributed by atoms with E-state index in [-0.39, 0.29) is 17.1 Å². The summed E-state index contributed by atoms with van der Waals surface area (Å²) in [6, 6.07) is 20.0. The van der Waals surface area contributed by atoms with Crippen LogP contribution < -0.4 is 15.1 Å². The summed E-state index contributed by atoms with van der Waals surface area (Å²) in [6.07, 6.45) is 0. The third-order valence-electron chi connectivity index (χ3n) is 5.77. The molecule has 2 heterocycles. The molecule has 0 bridgehead atoms. The van der Waals surface area contributed by atoms with Crippen molar-refractivity contribution >= 4 is 22.6 Å². The van der Waals surface area contributed by atoms with Crippen molar-refractivity contribution in [3.8, 4) is 5.75 Å². The maximum Gasteiger partial charge on any atom is 0.295 e. The lowest BCUT2D eigenvalue weighted by Gasteiger charge is -2.25. The predicted octanol–water partition coefficient (Wildman–Crippen LogP) is 5.17. The number of rotatable bonds is 3. The quantitative estimate of drug-likeness (QED) is 0.467. The number of hydrogen-bond acceptors (Lipinski definition) is 4. The normalized spacial score (nSPS) is 15.4. The van der Waals surface area contributed by atoms with Crippen LogP contribution in [-0.4, -0.2) is 13.0 Å². The number of carbonyl (C=O) groups is 1. The van der Waals surface area contributed by atoms with Gasteiger partial charge in [0.25, 0.3) is 5.91 Å². The number of ether oxygens (including phenoxy) is 1. The molecule has 0 spiro atoms. The second-order valence-electron chi connectivity index (χ2n) is 7.86. The van der Waals surface area contributed by atoms with Crippen molar-refractivity contribution < 1.29 is 13.9 Å². The number of hydrogen-bond donors (Lipinski definition) is 0. The number of nitrogens with zero attached hydrogens (tertiary/aromatic N) is 1. The molecule has 1 atom stereocenters. The van der Waals surface area contributed by atoms with Gasteiger partial charge in [-0.2, -0.15) is 0 Å². The molecule has 1 aliphatic rings. The molecule has 0 saturated carbocycles. The van der Waals surface area contributed by atoms with Crippen molar-refractivity contribution in [3.05, 3.63) is 105 Å². The second kappa shape index (κ2) is 7.13. The first-order chi connectivity index (χ1) is 15.0.